The summed E-state index contributed by atoms with van der Waals surface area (Å²) in [6.45, 7) is 5.17. The Labute approximate surface area is 122 Å². The SMILES string of the molecule is CCCOC[C@H]1CCN(C(=O)c2ccc3nnnn3c2)C1. The van der Waals surface area contributed by atoms with Crippen LogP contribution in [-0.2, 0) is 4.74 Å². The van der Waals surface area contributed by atoms with Gasteiger partial charge in [0.15, 0.2) is 5.65 Å². The fraction of sp³-hybridized carbons (Fsp3) is 0.571. The smallest absolute Gasteiger partial charge is 0.255 e. The van der Waals surface area contributed by atoms with E-state index in [1.54, 1.807) is 18.3 Å². The summed E-state index contributed by atoms with van der Waals surface area (Å²) in [4.78, 5) is 14.4. The van der Waals surface area contributed by atoms with Crippen LogP contribution >= 0.6 is 0 Å². The summed E-state index contributed by atoms with van der Waals surface area (Å²) in [5.41, 5.74) is 1.25. The number of nitrogens with zero attached hydrogens (tertiary/aromatic N) is 5. The first kappa shape index (κ1) is 13.9. The molecule has 0 spiro atoms. The molecule has 0 unspecified atom stereocenters. The highest BCUT2D eigenvalue weighted by Crippen LogP contribution is 2.19. The lowest BCUT2D eigenvalue weighted by atomic mass is 10.1. The number of hydrogen-bond donors (Lipinski definition) is 0. The minimum Gasteiger partial charge on any atom is -0.381 e. The van der Waals surface area contributed by atoms with Gasteiger partial charge in [0, 0.05) is 31.8 Å². The van der Waals surface area contributed by atoms with Gasteiger partial charge in [-0.1, -0.05) is 6.92 Å². The van der Waals surface area contributed by atoms with Crippen LogP contribution in [0.1, 0.15) is 30.1 Å². The number of amides is 1. The number of carbonyl (C=O) groups is 1. The quantitative estimate of drug-likeness (QED) is 0.768. The van der Waals surface area contributed by atoms with Gasteiger partial charge in [-0.2, -0.15) is 4.52 Å². The minimum atomic E-state index is 0.0328. The zero-order chi connectivity index (χ0) is 14.7. The Kier molecular flexibility index (Phi) is 4.10. The number of hydrogen-bond acceptors (Lipinski definition) is 5. The third-order valence-corrected chi connectivity index (χ3v) is 3.71. The van der Waals surface area contributed by atoms with E-state index in [1.165, 1.54) is 4.52 Å². The van der Waals surface area contributed by atoms with Crippen LogP contribution in [0.2, 0.25) is 0 Å². The van der Waals surface area contributed by atoms with Gasteiger partial charge >= 0.3 is 0 Å². The van der Waals surface area contributed by atoms with Crippen LogP contribution in [0.4, 0.5) is 0 Å². The lowest BCUT2D eigenvalue weighted by Crippen LogP contribution is -2.29. The van der Waals surface area contributed by atoms with Crippen LogP contribution in [0.25, 0.3) is 5.65 Å². The van der Waals surface area contributed by atoms with Crippen molar-refractivity contribution in [3.8, 4) is 0 Å². The molecule has 0 radical (unpaired) electrons. The Morgan fingerprint density at radius 2 is 2.38 bits per heavy atom. The molecule has 2 aromatic heterocycles. The summed E-state index contributed by atoms with van der Waals surface area (Å²) >= 11 is 0. The average Bonchev–Trinajstić information content (AvgIpc) is 3.15. The van der Waals surface area contributed by atoms with E-state index in [4.69, 9.17) is 4.74 Å². The molecule has 7 heteroatoms. The van der Waals surface area contributed by atoms with E-state index in [9.17, 15) is 4.79 Å². The molecule has 1 amide bonds. The number of carbonyl (C=O) groups excluding carboxylic acids is 1. The first-order chi connectivity index (χ1) is 10.3. The fourth-order valence-corrected chi connectivity index (χ4v) is 2.60. The Bertz CT molecular complexity index is 627. The van der Waals surface area contributed by atoms with E-state index in [1.807, 2.05) is 4.90 Å². The normalized spacial score (nSPS) is 18.5. The molecule has 21 heavy (non-hydrogen) atoms. The number of ether oxygens (including phenoxy) is 1. The second-order valence-electron chi connectivity index (χ2n) is 5.38. The summed E-state index contributed by atoms with van der Waals surface area (Å²) in [5.74, 6) is 0.475. The number of rotatable bonds is 5. The van der Waals surface area contributed by atoms with Gasteiger partial charge in [-0.3, -0.25) is 4.79 Å². The Hall–Kier alpha value is -2.02. The van der Waals surface area contributed by atoms with Gasteiger partial charge in [0.1, 0.15) is 0 Å². The van der Waals surface area contributed by atoms with Gasteiger partial charge < -0.3 is 9.64 Å². The van der Waals surface area contributed by atoms with Gasteiger partial charge in [-0.05, 0) is 35.4 Å². The summed E-state index contributed by atoms with van der Waals surface area (Å²) in [6.07, 6.45) is 3.71. The summed E-state index contributed by atoms with van der Waals surface area (Å²) in [5, 5.41) is 11.2. The minimum absolute atomic E-state index is 0.0328. The predicted molar refractivity (Wildman–Crippen MR) is 75.9 cm³/mol. The average molecular weight is 289 g/mol. The van der Waals surface area contributed by atoms with Crippen molar-refractivity contribution in [2.75, 3.05) is 26.3 Å². The van der Waals surface area contributed by atoms with Crippen molar-refractivity contribution in [2.45, 2.75) is 19.8 Å². The maximum absolute atomic E-state index is 12.5. The number of likely N-dealkylation sites (tertiary alicyclic amines) is 1. The van der Waals surface area contributed by atoms with Gasteiger partial charge in [0.05, 0.1) is 12.2 Å². The van der Waals surface area contributed by atoms with Crippen molar-refractivity contribution in [1.29, 1.82) is 0 Å². The van der Waals surface area contributed by atoms with E-state index in [-0.39, 0.29) is 5.91 Å². The molecule has 2 aromatic rings. The molecular weight excluding hydrogens is 270 g/mol. The molecule has 1 saturated heterocycles. The molecule has 0 N–H and O–H groups in total. The first-order valence-corrected chi connectivity index (χ1v) is 7.32. The van der Waals surface area contributed by atoms with Crippen LogP contribution in [0.15, 0.2) is 18.3 Å². The van der Waals surface area contributed by atoms with Gasteiger partial charge in [0.25, 0.3) is 5.91 Å². The lowest BCUT2D eigenvalue weighted by Gasteiger charge is -2.16. The fourth-order valence-electron chi connectivity index (χ4n) is 2.60. The molecule has 0 aromatic carbocycles. The van der Waals surface area contributed by atoms with Crippen molar-refractivity contribution in [1.82, 2.24) is 24.9 Å². The van der Waals surface area contributed by atoms with E-state index in [0.717, 1.165) is 39.1 Å². The van der Waals surface area contributed by atoms with Crippen molar-refractivity contribution >= 4 is 11.6 Å². The third kappa shape index (κ3) is 3.02. The van der Waals surface area contributed by atoms with Crippen LogP contribution in [0.5, 0.6) is 0 Å². The van der Waals surface area contributed by atoms with E-state index in [2.05, 4.69) is 22.4 Å². The Balaban J connectivity index is 1.63. The predicted octanol–water partition coefficient (Wildman–Crippen LogP) is 1.01. The first-order valence-electron chi connectivity index (χ1n) is 7.32. The van der Waals surface area contributed by atoms with Crippen molar-refractivity contribution in [3.63, 3.8) is 0 Å². The van der Waals surface area contributed by atoms with Crippen molar-refractivity contribution in [3.05, 3.63) is 23.9 Å². The molecule has 0 saturated carbocycles. The highest BCUT2D eigenvalue weighted by atomic mass is 16.5. The molecule has 1 atom stereocenters. The van der Waals surface area contributed by atoms with E-state index in [0.29, 0.717) is 17.1 Å². The highest BCUT2D eigenvalue weighted by molar-refractivity contribution is 5.94. The van der Waals surface area contributed by atoms with Crippen molar-refractivity contribution in [2.24, 2.45) is 5.92 Å². The summed E-state index contributed by atoms with van der Waals surface area (Å²) in [7, 11) is 0. The molecule has 3 rings (SSSR count). The molecule has 7 nitrogen and oxygen atoms in total. The second kappa shape index (κ2) is 6.17. The van der Waals surface area contributed by atoms with Crippen LogP contribution in [-0.4, -0.2) is 57.2 Å². The third-order valence-electron chi connectivity index (χ3n) is 3.71. The zero-order valence-electron chi connectivity index (χ0n) is 12.1. The maximum Gasteiger partial charge on any atom is 0.255 e. The lowest BCUT2D eigenvalue weighted by molar-refractivity contribution is 0.0754. The molecule has 1 fully saturated rings. The number of aromatic nitrogens is 4. The number of fused-ring (bicyclic) bond motifs is 1. The summed E-state index contributed by atoms with van der Waals surface area (Å²) < 4.78 is 7.10. The van der Waals surface area contributed by atoms with Crippen molar-refractivity contribution < 1.29 is 9.53 Å². The Morgan fingerprint density at radius 1 is 1.48 bits per heavy atom. The zero-order valence-corrected chi connectivity index (χ0v) is 12.1. The monoisotopic (exact) mass is 289 g/mol. The molecule has 112 valence electrons. The highest BCUT2D eigenvalue weighted by Gasteiger charge is 2.27. The largest absolute Gasteiger partial charge is 0.381 e. The van der Waals surface area contributed by atoms with E-state index < -0.39 is 0 Å². The molecule has 0 bridgehead atoms. The van der Waals surface area contributed by atoms with Crippen LogP contribution in [0, 0.1) is 5.92 Å². The maximum atomic E-state index is 12.5. The molecule has 1 aliphatic rings. The molecule has 0 aliphatic carbocycles. The standard InChI is InChI=1S/C14H19N5O2/c1-2-7-21-10-11-5-6-18(8-11)14(20)12-3-4-13-15-16-17-19(13)9-12/h3-4,9,11H,2,5-8,10H2,1H3/t11-/m0/s1. The molecule has 1 aliphatic heterocycles. The van der Waals surface area contributed by atoms with Gasteiger partial charge in [0.2, 0.25) is 0 Å². The van der Waals surface area contributed by atoms with Crippen LogP contribution < -0.4 is 0 Å². The second-order valence-corrected chi connectivity index (χ2v) is 5.38. The van der Waals surface area contributed by atoms with Gasteiger partial charge in [-0.25, -0.2) is 0 Å². The van der Waals surface area contributed by atoms with Gasteiger partial charge in [-0.15, -0.1) is 5.10 Å². The number of tetrazole rings is 1. The van der Waals surface area contributed by atoms with Crippen LogP contribution in [0.3, 0.4) is 0 Å². The number of pyridine rings is 1. The molecule has 3 heterocycles. The topological polar surface area (TPSA) is 72.6 Å². The van der Waals surface area contributed by atoms with E-state index >= 15 is 0 Å². The molecular formula is C14H19N5O2. The summed E-state index contributed by atoms with van der Waals surface area (Å²) in [6, 6.07) is 3.53. The Morgan fingerprint density at radius 3 is 3.24 bits per heavy atom.